The zero-order chi connectivity index (χ0) is 20.2. The number of furan rings is 1. The summed E-state index contributed by atoms with van der Waals surface area (Å²) in [7, 11) is 0. The Morgan fingerprint density at radius 1 is 1.00 bits per heavy atom. The van der Waals surface area contributed by atoms with E-state index in [9.17, 15) is 4.79 Å². The summed E-state index contributed by atoms with van der Waals surface area (Å²) >= 11 is 0. The van der Waals surface area contributed by atoms with E-state index in [2.05, 4.69) is 30.4 Å². The van der Waals surface area contributed by atoms with Crippen molar-refractivity contribution in [3.8, 4) is 5.75 Å². The molecular formula is C25H23NO3. The van der Waals surface area contributed by atoms with E-state index in [0.717, 1.165) is 22.4 Å². The predicted octanol–water partition coefficient (Wildman–Crippen LogP) is 5.98. The number of benzene rings is 3. The van der Waals surface area contributed by atoms with E-state index >= 15 is 0 Å². The Bertz CT molecular complexity index is 1140. The Labute approximate surface area is 170 Å². The van der Waals surface area contributed by atoms with Gasteiger partial charge < -0.3 is 14.5 Å². The van der Waals surface area contributed by atoms with Gasteiger partial charge in [0.05, 0.1) is 12.3 Å². The Balaban J connectivity index is 1.68. The second-order valence-corrected chi connectivity index (χ2v) is 6.93. The van der Waals surface area contributed by atoms with E-state index in [1.165, 1.54) is 5.56 Å². The van der Waals surface area contributed by atoms with Crippen molar-refractivity contribution in [1.29, 1.82) is 0 Å². The Morgan fingerprint density at radius 3 is 2.55 bits per heavy atom. The molecule has 0 aliphatic carbocycles. The number of ether oxygens (including phenoxy) is 1. The van der Waals surface area contributed by atoms with Crippen molar-refractivity contribution >= 4 is 22.4 Å². The van der Waals surface area contributed by atoms with Crippen LogP contribution in [-0.4, -0.2) is 12.4 Å². The van der Waals surface area contributed by atoms with Crippen molar-refractivity contribution in [3.63, 3.8) is 0 Å². The third kappa shape index (κ3) is 4.02. The summed E-state index contributed by atoms with van der Waals surface area (Å²) < 4.78 is 11.4. The molecule has 4 nitrogen and oxygen atoms in total. The van der Waals surface area contributed by atoms with Crippen molar-refractivity contribution in [2.45, 2.75) is 20.4 Å². The number of hydrogen-bond acceptors (Lipinski definition) is 4. The number of anilines is 1. The standard InChI is InChI=1S/C25H23NO3/c1-3-28-20-13-11-19(12-14-20)24(27)25-23(21-9-4-5-10-22(21)29-25)26-16-18-8-6-7-17(2)15-18/h4-15,26H,3,16H2,1-2H3. The normalized spacial score (nSPS) is 10.8. The van der Waals surface area contributed by atoms with Crippen LogP contribution in [0.15, 0.2) is 77.2 Å². The van der Waals surface area contributed by atoms with Gasteiger partial charge in [-0.3, -0.25) is 4.79 Å². The number of para-hydroxylation sites is 1. The fourth-order valence-electron chi connectivity index (χ4n) is 3.39. The van der Waals surface area contributed by atoms with Gasteiger partial charge in [-0.15, -0.1) is 0 Å². The largest absolute Gasteiger partial charge is 0.494 e. The van der Waals surface area contributed by atoms with E-state index < -0.39 is 0 Å². The fraction of sp³-hybridized carbons (Fsp3) is 0.160. The first kappa shape index (κ1) is 18.8. The number of hydrogen-bond donors (Lipinski definition) is 1. The van der Waals surface area contributed by atoms with Gasteiger partial charge in [0.1, 0.15) is 11.3 Å². The quantitative estimate of drug-likeness (QED) is 0.397. The van der Waals surface area contributed by atoms with Crippen molar-refractivity contribution in [2.75, 3.05) is 11.9 Å². The van der Waals surface area contributed by atoms with Crippen LogP contribution in [0.4, 0.5) is 5.69 Å². The molecule has 0 unspecified atom stereocenters. The van der Waals surface area contributed by atoms with Gasteiger partial charge in [-0.2, -0.15) is 0 Å². The Kier molecular flexibility index (Phi) is 5.34. The molecule has 0 saturated heterocycles. The van der Waals surface area contributed by atoms with Crippen LogP contribution in [0, 0.1) is 6.92 Å². The molecule has 0 spiro atoms. The molecular weight excluding hydrogens is 362 g/mol. The lowest BCUT2D eigenvalue weighted by atomic mass is 10.1. The molecule has 0 radical (unpaired) electrons. The lowest BCUT2D eigenvalue weighted by Gasteiger charge is -2.08. The summed E-state index contributed by atoms with van der Waals surface area (Å²) in [6, 6.07) is 23.1. The van der Waals surface area contributed by atoms with E-state index in [1.54, 1.807) is 24.3 Å². The highest BCUT2D eigenvalue weighted by Crippen LogP contribution is 2.33. The van der Waals surface area contributed by atoms with Crippen molar-refractivity contribution in [2.24, 2.45) is 0 Å². The molecule has 0 fully saturated rings. The van der Waals surface area contributed by atoms with Gasteiger partial charge >= 0.3 is 0 Å². The molecule has 29 heavy (non-hydrogen) atoms. The first-order valence-electron chi connectivity index (χ1n) is 9.74. The Hall–Kier alpha value is -3.53. The number of fused-ring (bicyclic) bond motifs is 1. The molecule has 0 bridgehead atoms. The second-order valence-electron chi connectivity index (χ2n) is 6.93. The first-order chi connectivity index (χ1) is 14.2. The van der Waals surface area contributed by atoms with Gasteiger partial charge in [0.25, 0.3) is 0 Å². The van der Waals surface area contributed by atoms with Gasteiger partial charge in [-0.05, 0) is 55.8 Å². The lowest BCUT2D eigenvalue weighted by molar-refractivity contribution is 0.101. The maximum Gasteiger partial charge on any atom is 0.230 e. The molecule has 0 aliphatic rings. The summed E-state index contributed by atoms with van der Waals surface area (Å²) in [6.45, 7) is 5.19. The van der Waals surface area contributed by atoms with Gasteiger partial charge in [-0.1, -0.05) is 42.0 Å². The minimum atomic E-state index is -0.156. The minimum Gasteiger partial charge on any atom is -0.494 e. The number of carbonyl (C=O) groups is 1. The smallest absolute Gasteiger partial charge is 0.230 e. The molecule has 0 aliphatic heterocycles. The van der Waals surface area contributed by atoms with Crippen molar-refractivity contribution in [1.82, 2.24) is 0 Å². The molecule has 4 rings (SSSR count). The molecule has 0 amide bonds. The second kappa shape index (κ2) is 8.23. The van der Waals surface area contributed by atoms with Gasteiger partial charge in [-0.25, -0.2) is 0 Å². The van der Waals surface area contributed by atoms with Crippen LogP contribution in [0.2, 0.25) is 0 Å². The summed E-state index contributed by atoms with van der Waals surface area (Å²) in [4.78, 5) is 13.2. The third-order valence-electron chi connectivity index (χ3n) is 4.78. The molecule has 1 aromatic heterocycles. The summed E-state index contributed by atoms with van der Waals surface area (Å²) in [5.74, 6) is 0.908. The maximum absolute atomic E-state index is 13.2. The molecule has 4 heteroatoms. The van der Waals surface area contributed by atoms with E-state index in [4.69, 9.17) is 9.15 Å². The number of aryl methyl sites for hydroxylation is 1. The number of ketones is 1. The minimum absolute atomic E-state index is 0.156. The highest BCUT2D eigenvalue weighted by molar-refractivity contribution is 6.14. The van der Waals surface area contributed by atoms with Crippen LogP contribution in [0.5, 0.6) is 5.75 Å². The van der Waals surface area contributed by atoms with E-state index in [0.29, 0.717) is 30.1 Å². The maximum atomic E-state index is 13.2. The molecule has 0 saturated carbocycles. The van der Waals surface area contributed by atoms with Crippen LogP contribution in [0.1, 0.15) is 34.2 Å². The lowest BCUT2D eigenvalue weighted by Crippen LogP contribution is -2.06. The Morgan fingerprint density at radius 2 is 1.79 bits per heavy atom. The zero-order valence-electron chi connectivity index (χ0n) is 16.6. The van der Waals surface area contributed by atoms with E-state index in [1.807, 2.05) is 37.3 Å². The predicted molar refractivity (Wildman–Crippen MR) is 116 cm³/mol. The molecule has 1 N–H and O–H groups in total. The molecule has 4 aromatic rings. The van der Waals surface area contributed by atoms with Crippen LogP contribution in [0.3, 0.4) is 0 Å². The van der Waals surface area contributed by atoms with E-state index in [-0.39, 0.29) is 5.78 Å². The number of rotatable bonds is 7. The SMILES string of the molecule is CCOc1ccc(C(=O)c2oc3ccccc3c2NCc2cccc(C)c2)cc1. The van der Waals surface area contributed by atoms with Crippen LogP contribution in [0.25, 0.3) is 11.0 Å². The van der Waals surface area contributed by atoms with Crippen molar-refractivity contribution < 1.29 is 13.9 Å². The molecule has 146 valence electrons. The molecule has 0 atom stereocenters. The summed E-state index contributed by atoms with van der Waals surface area (Å²) in [5.41, 5.74) is 4.32. The van der Waals surface area contributed by atoms with Crippen LogP contribution < -0.4 is 10.1 Å². The average molecular weight is 385 g/mol. The number of carbonyl (C=O) groups excluding carboxylic acids is 1. The highest BCUT2D eigenvalue weighted by atomic mass is 16.5. The summed E-state index contributed by atoms with van der Waals surface area (Å²) in [6.07, 6.45) is 0. The van der Waals surface area contributed by atoms with Gasteiger partial charge in [0.15, 0.2) is 5.76 Å². The molecule has 1 heterocycles. The summed E-state index contributed by atoms with van der Waals surface area (Å²) in [5, 5.41) is 4.32. The zero-order valence-corrected chi connectivity index (χ0v) is 16.6. The van der Waals surface area contributed by atoms with Gasteiger partial charge in [0.2, 0.25) is 5.78 Å². The monoisotopic (exact) mass is 385 g/mol. The van der Waals surface area contributed by atoms with Gasteiger partial charge in [0, 0.05) is 17.5 Å². The average Bonchev–Trinajstić information content (AvgIpc) is 3.11. The van der Waals surface area contributed by atoms with Crippen LogP contribution in [-0.2, 0) is 6.54 Å². The van der Waals surface area contributed by atoms with Crippen molar-refractivity contribution in [3.05, 3.63) is 95.2 Å². The topological polar surface area (TPSA) is 51.5 Å². The third-order valence-corrected chi connectivity index (χ3v) is 4.78. The van der Waals surface area contributed by atoms with Crippen LogP contribution >= 0.6 is 0 Å². The fourth-order valence-corrected chi connectivity index (χ4v) is 3.39. The number of nitrogens with one attached hydrogen (secondary N) is 1. The molecule has 3 aromatic carbocycles. The first-order valence-corrected chi connectivity index (χ1v) is 9.74. The highest BCUT2D eigenvalue weighted by Gasteiger charge is 2.22.